The molecule has 1 saturated heterocycles. The molecule has 0 saturated carbocycles. The number of carbonyl (C=O) groups excluding carboxylic acids is 3. The number of ether oxygens (including phenoxy) is 4. The first-order valence-corrected chi connectivity index (χ1v) is 12.4. The van der Waals surface area contributed by atoms with Crippen LogP contribution in [0.1, 0.15) is 28.5 Å². The number of hydrogen-bond acceptors (Lipinski definition) is 11. The molecule has 36 heavy (non-hydrogen) atoms. The van der Waals surface area contributed by atoms with Crippen molar-refractivity contribution < 1.29 is 52.8 Å². The molecule has 3 rings (SSSR count). The lowest BCUT2D eigenvalue weighted by Crippen LogP contribution is -2.54. The Balaban J connectivity index is 1.94. The first-order valence-electron chi connectivity index (χ1n) is 11.5. The molecule has 0 unspecified atom stereocenters. The highest BCUT2D eigenvalue weighted by Gasteiger charge is 2.47. The van der Waals surface area contributed by atoms with Gasteiger partial charge in [0.05, 0.1) is 0 Å². The Morgan fingerprint density at radius 2 is 1.42 bits per heavy atom. The predicted molar refractivity (Wildman–Crippen MR) is 124 cm³/mol. The topological polar surface area (TPSA) is 133 Å². The van der Waals surface area contributed by atoms with Crippen LogP contribution in [0.15, 0.2) is 60.7 Å². The van der Waals surface area contributed by atoms with E-state index in [0.29, 0.717) is 0 Å². The van der Waals surface area contributed by atoms with E-state index in [4.69, 9.17) is 33.9 Å². The third-order valence-corrected chi connectivity index (χ3v) is 5.89. The van der Waals surface area contributed by atoms with E-state index >= 15 is 0 Å². The van der Waals surface area contributed by atoms with Crippen LogP contribution in [0.25, 0.3) is 0 Å². The van der Waals surface area contributed by atoms with Crippen molar-refractivity contribution in [3.05, 3.63) is 60.7 Å². The van der Waals surface area contributed by atoms with Crippen LogP contribution in [0.2, 0.25) is 0 Å². The molecular weight excluding hydrogens is 495 g/mol. The van der Waals surface area contributed by atoms with Crippen molar-refractivity contribution in [1.29, 1.82) is 0 Å². The molecule has 1 aliphatic rings. The zero-order chi connectivity index (χ0) is 27.0. The fourth-order valence-electron chi connectivity index (χ4n) is 3.21. The fourth-order valence-corrected chi connectivity index (χ4v) is 4.46. The van der Waals surface area contributed by atoms with Gasteiger partial charge in [0.1, 0.15) is 30.3 Å². The van der Waals surface area contributed by atoms with Gasteiger partial charge in [-0.2, -0.15) is 0 Å². The average molecular weight is 523 g/mol. The molecule has 12 heteroatoms. The Labute approximate surface area is 209 Å². The van der Waals surface area contributed by atoms with Gasteiger partial charge in [-0.05, 0) is 24.3 Å². The second-order valence-electron chi connectivity index (χ2n) is 7.55. The smallest absolute Gasteiger partial charge is 0.463 e. The van der Waals surface area contributed by atoms with Crippen molar-refractivity contribution in [2.75, 3.05) is 6.61 Å². The molecule has 0 bridgehead atoms. The van der Waals surface area contributed by atoms with Gasteiger partial charge in [0.15, 0.2) is 12.4 Å². The Kier molecular flexibility index (Phi) is 8.94. The van der Waals surface area contributed by atoms with Crippen molar-refractivity contribution in [2.45, 2.75) is 51.8 Å². The number of rotatable bonds is 10. The molecule has 0 radical (unpaired) electrons. The maximum Gasteiger partial charge on any atom is 0.589 e. The molecule has 11 nitrogen and oxygen atoms in total. The van der Waals surface area contributed by atoms with Gasteiger partial charge in [0, 0.05) is 28.5 Å². The maximum absolute atomic E-state index is 13.8. The minimum atomic E-state index is -4.54. The SMILES string of the molecule is [2H][C@H]1[C@@H](OP(=O)(Oc2ccccc2)Oc2ccccc2)O[C@H](COC(C)=O)[C@@H](OC(C)=O)[C@@H]1OC(C)=O. The molecule has 0 aromatic heterocycles. The van der Waals surface area contributed by atoms with E-state index in [0.717, 1.165) is 20.8 Å². The van der Waals surface area contributed by atoms with E-state index in [9.17, 15) is 18.9 Å². The monoisotopic (exact) mass is 523 g/mol. The summed E-state index contributed by atoms with van der Waals surface area (Å²) in [4.78, 5) is 35.0. The fraction of sp³-hybridized carbons (Fsp3) is 0.375. The third-order valence-electron chi connectivity index (χ3n) is 4.55. The zero-order valence-electron chi connectivity index (χ0n) is 20.8. The molecule has 0 amide bonds. The van der Waals surface area contributed by atoms with Gasteiger partial charge < -0.3 is 28.0 Å². The molecule has 1 fully saturated rings. The highest BCUT2D eigenvalue weighted by Crippen LogP contribution is 2.52. The summed E-state index contributed by atoms with van der Waals surface area (Å²) in [5.74, 6) is -1.91. The summed E-state index contributed by atoms with van der Waals surface area (Å²) in [6.45, 7) is 2.93. The Bertz CT molecular complexity index is 1070. The number of benzene rings is 2. The second-order valence-corrected chi connectivity index (χ2v) is 9.02. The molecule has 1 heterocycles. The van der Waals surface area contributed by atoms with E-state index in [1.807, 2.05) is 0 Å². The molecular formula is C24H27O11P. The van der Waals surface area contributed by atoms with E-state index in [1.165, 1.54) is 24.3 Å². The highest BCUT2D eigenvalue weighted by molar-refractivity contribution is 7.49. The number of phosphoric acid groups is 1. The lowest BCUT2D eigenvalue weighted by Gasteiger charge is -2.40. The van der Waals surface area contributed by atoms with Crippen LogP contribution in [0.5, 0.6) is 11.5 Å². The summed E-state index contributed by atoms with van der Waals surface area (Å²) in [7, 11) is -4.54. The molecule has 0 aliphatic carbocycles. The van der Waals surface area contributed by atoms with Gasteiger partial charge in [-0.1, -0.05) is 36.4 Å². The van der Waals surface area contributed by atoms with Gasteiger partial charge in [-0.15, -0.1) is 0 Å². The third kappa shape index (κ3) is 8.37. The number of carbonyl (C=O) groups is 3. The van der Waals surface area contributed by atoms with Crippen LogP contribution in [-0.4, -0.2) is 49.1 Å². The van der Waals surface area contributed by atoms with Crippen molar-refractivity contribution in [2.24, 2.45) is 0 Å². The van der Waals surface area contributed by atoms with Crippen LogP contribution >= 0.6 is 7.82 Å². The van der Waals surface area contributed by atoms with Gasteiger partial charge in [0.2, 0.25) is 0 Å². The number of para-hydroxylation sites is 2. The minimum Gasteiger partial charge on any atom is -0.463 e. The van der Waals surface area contributed by atoms with Gasteiger partial charge in [0.25, 0.3) is 0 Å². The van der Waals surface area contributed by atoms with E-state index in [2.05, 4.69) is 0 Å². The maximum atomic E-state index is 13.8. The van der Waals surface area contributed by atoms with Crippen molar-refractivity contribution >= 4 is 25.7 Å². The van der Waals surface area contributed by atoms with E-state index in [1.54, 1.807) is 36.4 Å². The van der Waals surface area contributed by atoms with Crippen LogP contribution in [-0.2, 0) is 42.4 Å². The van der Waals surface area contributed by atoms with E-state index in [-0.39, 0.29) is 11.5 Å². The summed E-state index contributed by atoms with van der Waals surface area (Å²) in [6, 6.07) is 16.1. The predicted octanol–water partition coefficient (Wildman–Crippen LogP) is 3.81. The number of phosphoric ester groups is 1. The Hall–Kier alpha value is -3.40. The summed E-state index contributed by atoms with van der Waals surface area (Å²) < 4.78 is 60.5. The average Bonchev–Trinajstić information content (AvgIpc) is 2.83. The molecule has 5 atom stereocenters. The van der Waals surface area contributed by atoms with Crippen LogP contribution in [0.3, 0.4) is 0 Å². The summed E-state index contributed by atoms with van der Waals surface area (Å²) >= 11 is 0. The molecule has 0 N–H and O–H groups in total. The van der Waals surface area contributed by atoms with Crippen LogP contribution < -0.4 is 9.05 Å². The standard InChI is InChI=1S/C24H27O11P/c1-16(25)29-15-22-24(31-18(3)27)21(30-17(2)26)14-23(32-22)35-36(28,33-19-10-6-4-7-11-19)34-20-12-8-5-9-13-20/h4-13,21-24H,14-15H2,1-3H3/t21-,22-,23-,24+/m1/s1/i14D/t14-,21-,22-,23-,24+. The van der Waals surface area contributed by atoms with Crippen LogP contribution in [0, 0.1) is 0 Å². The Morgan fingerprint density at radius 3 is 1.89 bits per heavy atom. The number of hydrogen-bond donors (Lipinski definition) is 0. The molecule has 2 aromatic carbocycles. The summed E-state index contributed by atoms with van der Waals surface area (Å²) in [6.07, 6.45) is -7.26. The van der Waals surface area contributed by atoms with Gasteiger partial charge in [-0.3, -0.25) is 14.4 Å². The van der Waals surface area contributed by atoms with Crippen molar-refractivity contribution in [3.63, 3.8) is 0 Å². The lowest BCUT2D eigenvalue weighted by atomic mass is 10.0. The van der Waals surface area contributed by atoms with Gasteiger partial charge in [-0.25, -0.2) is 9.09 Å². The molecule has 2 aromatic rings. The molecule has 1 aliphatic heterocycles. The quantitative estimate of drug-likeness (QED) is 0.256. The Morgan fingerprint density at radius 1 is 0.889 bits per heavy atom. The largest absolute Gasteiger partial charge is 0.589 e. The minimum absolute atomic E-state index is 0.143. The van der Waals surface area contributed by atoms with Crippen molar-refractivity contribution in [3.8, 4) is 11.5 Å². The summed E-state index contributed by atoms with van der Waals surface area (Å²) in [5, 5.41) is 0. The molecule has 194 valence electrons. The van der Waals surface area contributed by atoms with E-state index < -0.39 is 63.3 Å². The zero-order valence-corrected chi connectivity index (χ0v) is 20.7. The van der Waals surface area contributed by atoms with Crippen LogP contribution in [0.4, 0.5) is 0 Å². The molecule has 0 spiro atoms. The normalized spacial score (nSPS) is 24.1. The lowest BCUT2D eigenvalue weighted by molar-refractivity contribution is -0.248. The first-order chi connectivity index (χ1) is 17.6. The first kappa shape index (κ1) is 25.7. The van der Waals surface area contributed by atoms with Crippen molar-refractivity contribution in [1.82, 2.24) is 0 Å². The second kappa shape index (κ2) is 12.5. The van der Waals surface area contributed by atoms with Gasteiger partial charge >= 0.3 is 25.7 Å². The summed E-state index contributed by atoms with van der Waals surface area (Å²) in [5.41, 5.74) is 0. The number of esters is 3. The highest BCUT2D eigenvalue weighted by atomic mass is 31.2.